The van der Waals surface area contributed by atoms with Gasteiger partial charge in [-0.25, -0.2) is 0 Å². The van der Waals surface area contributed by atoms with E-state index >= 15 is 0 Å². The zero-order chi connectivity index (χ0) is 10.5. The summed E-state index contributed by atoms with van der Waals surface area (Å²) in [6.07, 6.45) is 11.4. The fourth-order valence-corrected chi connectivity index (χ4v) is 2.98. The van der Waals surface area contributed by atoms with Gasteiger partial charge in [0, 0.05) is 12.6 Å². The van der Waals surface area contributed by atoms with E-state index in [-0.39, 0.29) is 0 Å². The Labute approximate surface area is 93.8 Å². The predicted octanol–water partition coefficient (Wildman–Crippen LogP) is 2.72. The largest absolute Gasteiger partial charge is 0.378 e. The monoisotopic (exact) mass is 211 g/mol. The first-order chi connectivity index (χ1) is 7.38. The third-order valence-electron chi connectivity index (χ3n) is 4.09. The van der Waals surface area contributed by atoms with Crippen molar-refractivity contribution in [2.24, 2.45) is 5.92 Å². The molecule has 0 spiro atoms. The molecule has 2 fully saturated rings. The van der Waals surface area contributed by atoms with Crippen LogP contribution in [-0.2, 0) is 4.74 Å². The van der Waals surface area contributed by atoms with Crippen molar-refractivity contribution in [3.63, 3.8) is 0 Å². The van der Waals surface area contributed by atoms with Gasteiger partial charge in [0.15, 0.2) is 0 Å². The highest BCUT2D eigenvalue weighted by atomic mass is 16.5. The number of ether oxygens (including phenoxy) is 1. The Hall–Kier alpha value is -0.0800. The van der Waals surface area contributed by atoms with Crippen LogP contribution in [-0.4, -0.2) is 25.8 Å². The molecule has 0 bridgehead atoms. The second-order valence-electron chi connectivity index (χ2n) is 5.26. The zero-order valence-corrected chi connectivity index (χ0v) is 10.0. The quantitative estimate of drug-likeness (QED) is 0.772. The van der Waals surface area contributed by atoms with Crippen molar-refractivity contribution in [3.8, 4) is 0 Å². The zero-order valence-electron chi connectivity index (χ0n) is 10.0. The fourth-order valence-electron chi connectivity index (χ4n) is 2.98. The van der Waals surface area contributed by atoms with Crippen LogP contribution in [0.3, 0.4) is 0 Å². The molecule has 0 heterocycles. The first-order valence-corrected chi connectivity index (χ1v) is 6.67. The highest BCUT2D eigenvalue weighted by molar-refractivity contribution is 4.80. The van der Waals surface area contributed by atoms with Gasteiger partial charge < -0.3 is 10.1 Å². The van der Waals surface area contributed by atoms with E-state index in [1.165, 1.54) is 51.4 Å². The van der Waals surface area contributed by atoms with Crippen LogP contribution >= 0.6 is 0 Å². The van der Waals surface area contributed by atoms with Gasteiger partial charge in [0.1, 0.15) is 0 Å². The molecule has 0 radical (unpaired) electrons. The Kier molecular flexibility index (Phi) is 4.45. The maximum absolute atomic E-state index is 6.03. The minimum atomic E-state index is 0.546. The Morgan fingerprint density at radius 1 is 1.07 bits per heavy atom. The summed E-state index contributed by atoms with van der Waals surface area (Å²) in [5, 5.41) is 3.35. The van der Waals surface area contributed by atoms with E-state index in [0.29, 0.717) is 12.1 Å². The van der Waals surface area contributed by atoms with E-state index in [4.69, 9.17) is 4.74 Å². The molecule has 2 unspecified atom stereocenters. The topological polar surface area (TPSA) is 21.3 Å². The second kappa shape index (κ2) is 5.86. The van der Waals surface area contributed by atoms with Gasteiger partial charge in [-0.1, -0.05) is 19.3 Å². The van der Waals surface area contributed by atoms with Crippen molar-refractivity contribution in [1.29, 1.82) is 0 Å². The lowest BCUT2D eigenvalue weighted by molar-refractivity contribution is 0.0239. The lowest BCUT2D eigenvalue weighted by Gasteiger charge is -2.23. The van der Waals surface area contributed by atoms with Crippen LogP contribution in [0.4, 0.5) is 0 Å². The van der Waals surface area contributed by atoms with E-state index in [2.05, 4.69) is 12.4 Å². The third kappa shape index (κ3) is 3.46. The van der Waals surface area contributed by atoms with Crippen LogP contribution in [0.15, 0.2) is 0 Å². The number of hydrogen-bond donors (Lipinski definition) is 1. The smallest absolute Gasteiger partial charge is 0.0590 e. The van der Waals surface area contributed by atoms with Crippen molar-refractivity contribution in [2.45, 2.75) is 63.5 Å². The van der Waals surface area contributed by atoms with Crippen molar-refractivity contribution in [1.82, 2.24) is 5.32 Å². The van der Waals surface area contributed by atoms with Crippen LogP contribution in [0.25, 0.3) is 0 Å². The molecular formula is C13H25NO. The van der Waals surface area contributed by atoms with E-state index < -0.39 is 0 Å². The number of hydrogen-bond acceptors (Lipinski definition) is 2. The number of rotatable bonds is 4. The molecule has 2 heteroatoms. The lowest BCUT2D eigenvalue weighted by Crippen LogP contribution is -2.24. The van der Waals surface area contributed by atoms with Gasteiger partial charge in [-0.15, -0.1) is 0 Å². The molecule has 1 N–H and O–H groups in total. The maximum Gasteiger partial charge on any atom is 0.0590 e. The van der Waals surface area contributed by atoms with Crippen LogP contribution in [0, 0.1) is 5.92 Å². The van der Waals surface area contributed by atoms with Gasteiger partial charge in [0.2, 0.25) is 0 Å². The molecule has 2 aliphatic carbocycles. The first-order valence-electron chi connectivity index (χ1n) is 6.67. The van der Waals surface area contributed by atoms with Crippen molar-refractivity contribution in [3.05, 3.63) is 0 Å². The van der Waals surface area contributed by atoms with Gasteiger partial charge in [-0.2, -0.15) is 0 Å². The Morgan fingerprint density at radius 3 is 2.53 bits per heavy atom. The second-order valence-corrected chi connectivity index (χ2v) is 5.26. The summed E-state index contributed by atoms with van der Waals surface area (Å²) in [5.74, 6) is 0.868. The Balaban J connectivity index is 1.61. The molecule has 0 amide bonds. The minimum absolute atomic E-state index is 0.546. The fraction of sp³-hybridized carbons (Fsp3) is 1.00. The van der Waals surface area contributed by atoms with Gasteiger partial charge in [-0.3, -0.25) is 0 Å². The molecule has 15 heavy (non-hydrogen) atoms. The summed E-state index contributed by atoms with van der Waals surface area (Å²) >= 11 is 0. The van der Waals surface area contributed by atoms with Crippen molar-refractivity contribution in [2.75, 3.05) is 13.7 Å². The Bertz CT molecular complexity index is 177. The van der Waals surface area contributed by atoms with E-state index in [0.717, 1.165) is 12.5 Å². The van der Waals surface area contributed by atoms with Crippen LogP contribution < -0.4 is 5.32 Å². The van der Waals surface area contributed by atoms with E-state index in [1.807, 2.05) is 0 Å². The molecule has 0 aliphatic heterocycles. The molecule has 0 aromatic heterocycles. The molecule has 0 aromatic rings. The highest BCUT2D eigenvalue weighted by Gasteiger charge is 2.25. The summed E-state index contributed by atoms with van der Waals surface area (Å²) in [6.45, 7) is 1.03. The highest BCUT2D eigenvalue weighted by Crippen LogP contribution is 2.27. The molecule has 88 valence electrons. The standard InChI is InChI=1S/C13H25NO/c1-14-12-7-8-13(9-12)15-10-11-5-3-2-4-6-11/h11-14H,2-10H2,1H3. The summed E-state index contributed by atoms with van der Waals surface area (Å²) in [7, 11) is 2.06. The molecule has 2 atom stereocenters. The summed E-state index contributed by atoms with van der Waals surface area (Å²) < 4.78 is 6.03. The molecule has 0 aromatic carbocycles. The van der Waals surface area contributed by atoms with Crippen molar-refractivity contribution >= 4 is 0 Å². The van der Waals surface area contributed by atoms with Gasteiger partial charge >= 0.3 is 0 Å². The van der Waals surface area contributed by atoms with Gasteiger partial charge in [-0.05, 0) is 45.1 Å². The SMILES string of the molecule is CNC1CCC(OCC2CCCCC2)C1. The molecular weight excluding hydrogens is 186 g/mol. The molecule has 2 saturated carbocycles. The van der Waals surface area contributed by atoms with E-state index in [9.17, 15) is 0 Å². The molecule has 2 rings (SSSR count). The Morgan fingerprint density at radius 2 is 1.87 bits per heavy atom. The normalized spacial score (nSPS) is 33.4. The third-order valence-corrected chi connectivity index (χ3v) is 4.09. The summed E-state index contributed by atoms with van der Waals surface area (Å²) in [6, 6.07) is 0.710. The molecule has 2 nitrogen and oxygen atoms in total. The van der Waals surface area contributed by atoms with Crippen LogP contribution in [0.1, 0.15) is 51.4 Å². The number of nitrogens with one attached hydrogen (secondary N) is 1. The van der Waals surface area contributed by atoms with Crippen LogP contribution in [0.5, 0.6) is 0 Å². The minimum Gasteiger partial charge on any atom is -0.378 e. The average Bonchev–Trinajstić information content (AvgIpc) is 2.76. The van der Waals surface area contributed by atoms with E-state index in [1.54, 1.807) is 0 Å². The van der Waals surface area contributed by atoms with Crippen LogP contribution in [0.2, 0.25) is 0 Å². The summed E-state index contributed by atoms with van der Waals surface area (Å²) in [5.41, 5.74) is 0. The van der Waals surface area contributed by atoms with Crippen molar-refractivity contribution < 1.29 is 4.74 Å². The average molecular weight is 211 g/mol. The molecule has 0 saturated heterocycles. The first kappa shape index (κ1) is 11.4. The maximum atomic E-state index is 6.03. The lowest BCUT2D eigenvalue weighted by atomic mass is 9.90. The predicted molar refractivity (Wildman–Crippen MR) is 63.0 cm³/mol. The molecule has 2 aliphatic rings. The van der Waals surface area contributed by atoms with Gasteiger partial charge in [0.25, 0.3) is 0 Å². The van der Waals surface area contributed by atoms with Gasteiger partial charge in [0.05, 0.1) is 6.10 Å². The summed E-state index contributed by atoms with van der Waals surface area (Å²) in [4.78, 5) is 0.